The third-order valence-corrected chi connectivity index (χ3v) is 9.16. The number of ether oxygens (including phenoxy) is 4. The highest BCUT2D eigenvalue weighted by Gasteiger charge is 2.75. The van der Waals surface area contributed by atoms with Gasteiger partial charge in [0, 0.05) is 49.7 Å². The molecule has 1 aliphatic heterocycles. The number of carbonyl (C=O) groups is 4. The number of esters is 4. The van der Waals surface area contributed by atoms with Crippen molar-refractivity contribution >= 4 is 23.9 Å². The van der Waals surface area contributed by atoms with Crippen molar-refractivity contribution in [3.05, 3.63) is 11.6 Å². The lowest BCUT2D eigenvalue weighted by Gasteiger charge is -2.69. The molecule has 0 radical (unpaired) electrons. The number of aliphatic hydroxyl groups is 2. The van der Waals surface area contributed by atoms with Gasteiger partial charge in [0.2, 0.25) is 5.79 Å². The van der Waals surface area contributed by atoms with Crippen molar-refractivity contribution in [3.63, 3.8) is 0 Å². The first-order chi connectivity index (χ1) is 16.1. The summed E-state index contributed by atoms with van der Waals surface area (Å²) < 4.78 is 21.8. The van der Waals surface area contributed by atoms with E-state index in [1.807, 2.05) is 13.8 Å². The lowest BCUT2D eigenvalue weighted by molar-refractivity contribution is -0.316. The van der Waals surface area contributed by atoms with Gasteiger partial charge in [-0.1, -0.05) is 20.8 Å². The molecule has 10 heteroatoms. The van der Waals surface area contributed by atoms with Crippen LogP contribution in [0.3, 0.4) is 0 Å². The molecule has 3 aliphatic carbocycles. The molecule has 10 nitrogen and oxygen atoms in total. The predicted octanol–water partition coefficient (Wildman–Crippen LogP) is 1.41. The van der Waals surface area contributed by atoms with Crippen LogP contribution < -0.4 is 0 Å². The van der Waals surface area contributed by atoms with Crippen molar-refractivity contribution in [1.29, 1.82) is 0 Å². The summed E-state index contributed by atoms with van der Waals surface area (Å²) in [5.41, 5.74) is -3.38. The number of carbonyl (C=O) groups excluding carboxylic acids is 4. The Hall–Kier alpha value is -2.46. The second-order valence-corrected chi connectivity index (χ2v) is 11.2. The Morgan fingerprint density at radius 2 is 1.69 bits per heavy atom. The minimum absolute atomic E-state index is 0.0248. The summed E-state index contributed by atoms with van der Waals surface area (Å²) in [7, 11) is 1.19. The van der Waals surface area contributed by atoms with E-state index in [-0.39, 0.29) is 18.4 Å². The zero-order valence-electron chi connectivity index (χ0n) is 21.0. The molecule has 0 bridgehead atoms. The quantitative estimate of drug-likeness (QED) is 0.436. The summed E-state index contributed by atoms with van der Waals surface area (Å²) in [4.78, 5) is 49.7. The second kappa shape index (κ2) is 8.03. The molecule has 0 aromatic heterocycles. The Kier molecular flexibility index (Phi) is 5.88. The Morgan fingerprint density at radius 3 is 2.26 bits per heavy atom. The fourth-order valence-electron chi connectivity index (χ4n) is 7.54. The maximum Gasteiger partial charge on any atom is 0.333 e. The smallest absolute Gasteiger partial charge is 0.333 e. The highest BCUT2D eigenvalue weighted by atomic mass is 16.7. The van der Waals surface area contributed by atoms with Crippen LogP contribution in [0.15, 0.2) is 11.6 Å². The summed E-state index contributed by atoms with van der Waals surface area (Å²) in [6.45, 7) is 8.11. The van der Waals surface area contributed by atoms with Crippen LogP contribution in [0.5, 0.6) is 0 Å². The first-order valence-electron chi connectivity index (χ1n) is 11.9. The molecule has 0 amide bonds. The van der Waals surface area contributed by atoms with E-state index in [1.54, 1.807) is 6.92 Å². The summed E-state index contributed by atoms with van der Waals surface area (Å²) in [6.07, 6.45) is 0.156. The van der Waals surface area contributed by atoms with Crippen LogP contribution in [-0.2, 0) is 38.1 Å². The fraction of sp³-hybridized carbons (Fsp3) is 0.760. The lowest BCUT2D eigenvalue weighted by atomic mass is 9.39. The van der Waals surface area contributed by atoms with Gasteiger partial charge in [0.15, 0.2) is 0 Å². The molecule has 4 rings (SSSR count). The molecule has 8 atom stereocenters. The topological polar surface area (TPSA) is 146 Å². The molecular weight excluding hydrogens is 460 g/mol. The van der Waals surface area contributed by atoms with Gasteiger partial charge in [0.25, 0.3) is 0 Å². The van der Waals surface area contributed by atoms with Crippen molar-refractivity contribution in [3.8, 4) is 0 Å². The summed E-state index contributed by atoms with van der Waals surface area (Å²) in [6, 6.07) is 0. The van der Waals surface area contributed by atoms with E-state index in [4.69, 9.17) is 18.9 Å². The van der Waals surface area contributed by atoms with Crippen molar-refractivity contribution in [2.75, 3.05) is 7.11 Å². The van der Waals surface area contributed by atoms with Crippen LogP contribution in [0.25, 0.3) is 0 Å². The monoisotopic (exact) mass is 494 g/mol. The summed E-state index contributed by atoms with van der Waals surface area (Å²) >= 11 is 0. The zero-order chi connectivity index (χ0) is 26.1. The lowest BCUT2D eigenvalue weighted by Crippen LogP contribution is -2.75. The van der Waals surface area contributed by atoms with Crippen molar-refractivity contribution < 1.29 is 48.3 Å². The average molecular weight is 495 g/mol. The van der Waals surface area contributed by atoms with E-state index in [0.717, 1.165) is 6.08 Å². The molecule has 0 saturated heterocycles. The maximum atomic E-state index is 13.1. The molecule has 35 heavy (non-hydrogen) atoms. The Balaban J connectivity index is 1.97. The summed E-state index contributed by atoms with van der Waals surface area (Å²) in [5, 5.41) is 23.9. The first kappa shape index (κ1) is 25.6. The van der Waals surface area contributed by atoms with Gasteiger partial charge in [-0.15, -0.1) is 0 Å². The van der Waals surface area contributed by atoms with Gasteiger partial charge in [-0.3, -0.25) is 14.4 Å². The standard InChI is InChI=1S/C25H34O10/c1-12(26)33-16-11-25(31)22(3,4)8-7-17(34-13(2)27)23(25,5)15-10-24(30)14(9-18(28)35-24)20(19(15)16)21(29)32-6/h9,15-17,19-20,30-31H,7-8,10-11H2,1-6H3. The molecule has 4 aliphatic rings. The van der Waals surface area contributed by atoms with E-state index in [1.165, 1.54) is 21.0 Å². The van der Waals surface area contributed by atoms with Crippen LogP contribution in [0, 0.1) is 28.6 Å². The van der Waals surface area contributed by atoms with E-state index in [2.05, 4.69) is 0 Å². The average Bonchev–Trinajstić information content (AvgIpc) is 3.04. The third-order valence-electron chi connectivity index (χ3n) is 9.16. The third kappa shape index (κ3) is 3.51. The molecule has 194 valence electrons. The molecule has 0 aromatic carbocycles. The highest BCUT2D eigenvalue weighted by molar-refractivity contribution is 5.90. The molecule has 0 aromatic rings. The fourth-order valence-corrected chi connectivity index (χ4v) is 7.54. The first-order valence-corrected chi connectivity index (χ1v) is 11.9. The minimum atomic E-state index is -2.11. The molecule has 3 fully saturated rings. The van der Waals surface area contributed by atoms with Crippen LogP contribution in [0.4, 0.5) is 0 Å². The molecule has 1 heterocycles. The number of hydrogen-bond acceptors (Lipinski definition) is 10. The van der Waals surface area contributed by atoms with Gasteiger partial charge in [-0.25, -0.2) is 4.79 Å². The SMILES string of the molecule is COC(=O)C1C2=CC(=O)OC2(O)CC2C1C(OC(C)=O)CC1(O)C(C)(C)CCC(OC(C)=O)C21C. The molecular formula is C25H34O10. The molecule has 2 N–H and O–H groups in total. The summed E-state index contributed by atoms with van der Waals surface area (Å²) in [5.74, 6) is -7.47. The van der Waals surface area contributed by atoms with Crippen molar-refractivity contribution in [2.24, 2.45) is 28.6 Å². The van der Waals surface area contributed by atoms with Crippen LogP contribution in [0.2, 0.25) is 0 Å². The minimum Gasteiger partial charge on any atom is -0.469 e. The van der Waals surface area contributed by atoms with E-state index >= 15 is 0 Å². The largest absolute Gasteiger partial charge is 0.469 e. The van der Waals surface area contributed by atoms with Gasteiger partial charge in [-0.05, 0) is 24.2 Å². The molecule has 3 saturated carbocycles. The highest BCUT2D eigenvalue weighted by Crippen LogP contribution is 2.69. The van der Waals surface area contributed by atoms with Crippen LogP contribution in [-0.4, -0.2) is 64.8 Å². The maximum absolute atomic E-state index is 13.1. The molecule has 8 unspecified atom stereocenters. The van der Waals surface area contributed by atoms with E-state index < -0.39 is 76.1 Å². The predicted molar refractivity (Wildman–Crippen MR) is 118 cm³/mol. The number of fused-ring (bicyclic) bond motifs is 4. The number of hydrogen-bond donors (Lipinski definition) is 2. The van der Waals surface area contributed by atoms with Gasteiger partial charge in [-0.2, -0.15) is 0 Å². The Morgan fingerprint density at radius 1 is 1.06 bits per heavy atom. The second-order valence-electron chi connectivity index (χ2n) is 11.2. The van der Waals surface area contributed by atoms with Crippen LogP contribution >= 0.6 is 0 Å². The normalized spacial score (nSPS) is 43.5. The van der Waals surface area contributed by atoms with Gasteiger partial charge >= 0.3 is 23.9 Å². The van der Waals surface area contributed by atoms with Crippen LogP contribution in [0.1, 0.15) is 60.3 Å². The van der Waals surface area contributed by atoms with Gasteiger partial charge < -0.3 is 29.2 Å². The van der Waals surface area contributed by atoms with E-state index in [9.17, 15) is 29.4 Å². The van der Waals surface area contributed by atoms with Crippen molar-refractivity contribution in [1.82, 2.24) is 0 Å². The Labute approximate surface area is 203 Å². The van der Waals surface area contributed by atoms with Gasteiger partial charge in [0.1, 0.15) is 12.2 Å². The van der Waals surface area contributed by atoms with Gasteiger partial charge in [0.05, 0.1) is 18.6 Å². The number of rotatable bonds is 3. The molecule has 0 spiro atoms. The number of methoxy groups -OCH3 is 1. The zero-order valence-corrected chi connectivity index (χ0v) is 21.0. The van der Waals surface area contributed by atoms with Crippen molar-refractivity contribution in [2.45, 2.75) is 83.9 Å². The Bertz CT molecular complexity index is 1000. The van der Waals surface area contributed by atoms with E-state index in [0.29, 0.717) is 12.8 Å².